The lowest BCUT2D eigenvalue weighted by atomic mass is 9.93. The number of nitriles is 1. The number of hydrogen-bond acceptors (Lipinski definition) is 6. The lowest BCUT2D eigenvalue weighted by Gasteiger charge is -2.33. The van der Waals surface area contributed by atoms with Gasteiger partial charge in [-0.05, 0) is 62.3 Å². The molecule has 1 saturated heterocycles. The van der Waals surface area contributed by atoms with Crippen molar-refractivity contribution < 1.29 is 9.21 Å². The predicted octanol–water partition coefficient (Wildman–Crippen LogP) is 2.81. The number of aromatic nitrogens is 2. The smallest absolute Gasteiger partial charge is 0.316 e. The maximum absolute atomic E-state index is 12.6. The maximum atomic E-state index is 12.6. The molecule has 1 aromatic carbocycles. The summed E-state index contributed by atoms with van der Waals surface area (Å²) < 4.78 is 5.61. The molecule has 2 aromatic rings. The topological polar surface area (TPSA) is 95.0 Å². The summed E-state index contributed by atoms with van der Waals surface area (Å²) in [5.74, 6) is 0.420. The van der Waals surface area contributed by atoms with Crippen molar-refractivity contribution in [1.82, 2.24) is 15.1 Å². The SMILES string of the molecule is CC(Nc1nnc(-c2ccc(C#N)cc2)o1)C(=O)N1CCC2(CC1)CC2. The molecular weight excluding hydrogens is 330 g/mol. The molecule has 1 aromatic heterocycles. The van der Waals surface area contributed by atoms with Crippen LogP contribution in [0.4, 0.5) is 6.01 Å². The summed E-state index contributed by atoms with van der Waals surface area (Å²) in [6, 6.07) is 8.78. The van der Waals surface area contributed by atoms with E-state index in [0.717, 1.165) is 31.5 Å². The normalized spacial score (nSPS) is 19.0. The molecule has 2 fully saturated rings. The second kappa shape index (κ2) is 6.45. The zero-order valence-corrected chi connectivity index (χ0v) is 14.7. The Labute approximate surface area is 152 Å². The Morgan fingerprint density at radius 2 is 1.92 bits per heavy atom. The molecule has 1 aliphatic carbocycles. The van der Waals surface area contributed by atoms with E-state index in [-0.39, 0.29) is 11.9 Å². The Bertz CT molecular complexity index is 838. The number of piperidine rings is 1. The third-order valence-corrected chi connectivity index (χ3v) is 5.49. The number of carbonyl (C=O) groups is 1. The Balaban J connectivity index is 1.37. The fraction of sp³-hybridized carbons (Fsp3) is 0.474. The van der Waals surface area contributed by atoms with Crippen LogP contribution in [0.25, 0.3) is 11.5 Å². The summed E-state index contributed by atoms with van der Waals surface area (Å²) in [6.07, 6.45) is 4.88. The number of nitrogens with one attached hydrogen (secondary N) is 1. The monoisotopic (exact) mass is 351 g/mol. The van der Waals surface area contributed by atoms with Crippen LogP contribution in [0.2, 0.25) is 0 Å². The van der Waals surface area contributed by atoms with Crippen molar-refractivity contribution >= 4 is 11.9 Å². The zero-order valence-electron chi connectivity index (χ0n) is 14.7. The summed E-state index contributed by atoms with van der Waals surface area (Å²) in [7, 11) is 0. The summed E-state index contributed by atoms with van der Waals surface area (Å²) in [5.41, 5.74) is 1.85. The molecule has 4 rings (SSSR count). The highest BCUT2D eigenvalue weighted by Crippen LogP contribution is 2.53. The Hall–Kier alpha value is -2.88. The van der Waals surface area contributed by atoms with Crippen molar-refractivity contribution in [3.05, 3.63) is 29.8 Å². The molecule has 26 heavy (non-hydrogen) atoms. The first-order valence-corrected chi connectivity index (χ1v) is 8.98. The third-order valence-electron chi connectivity index (χ3n) is 5.49. The standard InChI is InChI=1S/C19H21N5O2/c1-13(17(25)24-10-8-19(6-7-19)9-11-24)21-18-23-22-16(26-18)15-4-2-14(12-20)3-5-15/h2-5,13H,6-11H2,1H3,(H,21,23). The minimum absolute atomic E-state index is 0.0682. The maximum Gasteiger partial charge on any atom is 0.316 e. The van der Waals surface area contributed by atoms with E-state index in [9.17, 15) is 4.79 Å². The summed E-state index contributed by atoms with van der Waals surface area (Å²) in [5, 5.41) is 19.8. The molecule has 1 amide bonds. The average Bonchev–Trinajstić information content (AvgIpc) is 3.26. The highest BCUT2D eigenvalue weighted by atomic mass is 16.4. The molecule has 2 heterocycles. The number of likely N-dealkylation sites (tertiary alicyclic amines) is 1. The highest BCUT2D eigenvalue weighted by Gasteiger charge is 2.45. The summed E-state index contributed by atoms with van der Waals surface area (Å²) >= 11 is 0. The van der Waals surface area contributed by atoms with Gasteiger partial charge in [0.2, 0.25) is 11.8 Å². The number of benzene rings is 1. The van der Waals surface area contributed by atoms with Crippen molar-refractivity contribution in [2.75, 3.05) is 18.4 Å². The van der Waals surface area contributed by atoms with E-state index in [2.05, 4.69) is 21.6 Å². The Kier molecular flexibility index (Phi) is 4.11. The average molecular weight is 351 g/mol. The predicted molar refractivity (Wildman–Crippen MR) is 95.0 cm³/mol. The third kappa shape index (κ3) is 3.27. The number of carbonyl (C=O) groups excluding carboxylic acids is 1. The van der Waals surface area contributed by atoms with Gasteiger partial charge in [0.05, 0.1) is 11.6 Å². The van der Waals surface area contributed by atoms with Crippen LogP contribution >= 0.6 is 0 Å². The lowest BCUT2D eigenvalue weighted by molar-refractivity contribution is -0.133. The molecule has 1 N–H and O–H groups in total. The molecule has 134 valence electrons. The van der Waals surface area contributed by atoms with Gasteiger partial charge >= 0.3 is 6.01 Å². The van der Waals surface area contributed by atoms with Crippen LogP contribution in [-0.4, -0.2) is 40.1 Å². The second-order valence-corrected chi connectivity index (χ2v) is 7.29. The van der Waals surface area contributed by atoms with Crippen LogP contribution in [0, 0.1) is 16.7 Å². The highest BCUT2D eigenvalue weighted by molar-refractivity contribution is 5.83. The molecule has 1 aliphatic heterocycles. The van der Waals surface area contributed by atoms with Gasteiger partial charge in [0, 0.05) is 18.7 Å². The molecule has 2 aliphatic rings. The second-order valence-electron chi connectivity index (χ2n) is 7.29. The van der Waals surface area contributed by atoms with E-state index < -0.39 is 6.04 Å². The number of amides is 1. The van der Waals surface area contributed by atoms with Crippen LogP contribution in [0.15, 0.2) is 28.7 Å². The fourth-order valence-corrected chi connectivity index (χ4v) is 3.48. The first-order chi connectivity index (χ1) is 12.6. The number of nitrogens with zero attached hydrogens (tertiary/aromatic N) is 4. The molecule has 1 spiro atoms. The molecule has 7 heteroatoms. The minimum atomic E-state index is -0.419. The van der Waals surface area contributed by atoms with Crippen LogP contribution in [0.3, 0.4) is 0 Å². The molecule has 1 unspecified atom stereocenters. The number of anilines is 1. The van der Waals surface area contributed by atoms with E-state index in [0.29, 0.717) is 16.9 Å². The van der Waals surface area contributed by atoms with Gasteiger partial charge in [0.15, 0.2) is 0 Å². The first kappa shape index (κ1) is 16.6. The van der Waals surface area contributed by atoms with Crippen LogP contribution in [0.5, 0.6) is 0 Å². The number of rotatable bonds is 4. The van der Waals surface area contributed by atoms with E-state index in [1.54, 1.807) is 24.3 Å². The van der Waals surface area contributed by atoms with Gasteiger partial charge in [0.25, 0.3) is 0 Å². The van der Waals surface area contributed by atoms with Crippen molar-refractivity contribution in [2.45, 2.75) is 38.6 Å². The van der Waals surface area contributed by atoms with Crippen molar-refractivity contribution in [1.29, 1.82) is 5.26 Å². The van der Waals surface area contributed by atoms with Gasteiger partial charge in [-0.1, -0.05) is 5.10 Å². The van der Waals surface area contributed by atoms with Crippen LogP contribution < -0.4 is 5.32 Å². The largest absolute Gasteiger partial charge is 0.403 e. The number of hydrogen-bond donors (Lipinski definition) is 1. The first-order valence-electron chi connectivity index (χ1n) is 8.98. The van der Waals surface area contributed by atoms with E-state index >= 15 is 0 Å². The van der Waals surface area contributed by atoms with E-state index in [4.69, 9.17) is 9.68 Å². The molecule has 0 radical (unpaired) electrons. The van der Waals surface area contributed by atoms with Crippen molar-refractivity contribution in [2.24, 2.45) is 5.41 Å². The van der Waals surface area contributed by atoms with Gasteiger partial charge in [-0.15, -0.1) is 5.10 Å². The van der Waals surface area contributed by atoms with Crippen molar-refractivity contribution in [3.63, 3.8) is 0 Å². The quantitative estimate of drug-likeness (QED) is 0.910. The molecule has 7 nitrogen and oxygen atoms in total. The van der Waals surface area contributed by atoms with Gasteiger partial charge < -0.3 is 14.6 Å². The van der Waals surface area contributed by atoms with Gasteiger partial charge in [-0.2, -0.15) is 5.26 Å². The molecule has 0 bridgehead atoms. The fourth-order valence-electron chi connectivity index (χ4n) is 3.48. The molecule has 1 saturated carbocycles. The van der Waals surface area contributed by atoms with E-state index in [1.807, 2.05) is 11.8 Å². The molecular formula is C19H21N5O2. The Morgan fingerprint density at radius 3 is 2.54 bits per heavy atom. The van der Waals surface area contributed by atoms with Crippen molar-refractivity contribution in [3.8, 4) is 17.5 Å². The van der Waals surface area contributed by atoms with Crippen LogP contribution in [-0.2, 0) is 4.79 Å². The summed E-state index contributed by atoms with van der Waals surface area (Å²) in [4.78, 5) is 14.6. The zero-order chi connectivity index (χ0) is 18.1. The van der Waals surface area contributed by atoms with Crippen LogP contribution in [0.1, 0.15) is 38.2 Å². The lowest BCUT2D eigenvalue weighted by Crippen LogP contribution is -2.45. The van der Waals surface area contributed by atoms with Gasteiger partial charge in [-0.3, -0.25) is 4.79 Å². The summed E-state index contributed by atoms with van der Waals surface area (Å²) in [6.45, 7) is 3.49. The van der Waals surface area contributed by atoms with Gasteiger partial charge in [0.1, 0.15) is 6.04 Å². The minimum Gasteiger partial charge on any atom is -0.403 e. The Morgan fingerprint density at radius 1 is 1.23 bits per heavy atom. The molecule has 1 atom stereocenters. The van der Waals surface area contributed by atoms with Gasteiger partial charge in [-0.25, -0.2) is 0 Å². The van der Waals surface area contributed by atoms with E-state index in [1.165, 1.54) is 12.8 Å².